The predicted octanol–water partition coefficient (Wildman–Crippen LogP) is 0.878. The Morgan fingerprint density at radius 3 is 2.11 bits per heavy atom. The number of sulfone groups is 1. The van der Waals surface area contributed by atoms with Gasteiger partial charge in [-0.25, -0.2) is 16.8 Å². The van der Waals surface area contributed by atoms with Crippen LogP contribution >= 0.6 is 0 Å². The van der Waals surface area contributed by atoms with Gasteiger partial charge in [-0.3, -0.25) is 4.90 Å². The standard InChI is InChI=1S/C18H31N3O4S2/c1-19(2)13-14-21(27(4,24)25)17-9-11-20(12-10-17)15-16-7-5-6-8-18(16)26(3,22)23/h5-8,17H,9-15H2,1-4H3. The Hall–Kier alpha value is -1.00. The Balaban J connectivity index is 2.03. The van der Waals surface area contributed by atoms with Crippen LogP contribution in [0.5, 0.6) is 0 Å². The average Bonchev–Trinajstić information content (AvgIpc) is 2.54. The van der Waals surface area contributed by atoms with Crippen molar-refractivity contribution in [3.05, 3.63) is 29.8 Å². The predicted molar refractivity (Wildman–Crippen MR) is 108 cm³/mol. The maximum atomic E-state index is 12.2. The first-order valence-electron chi connectivity index (χ1n) is 9.10. The third kappa shape index (κ3) is 6.53. The zero-order chi connectivity index (χ0) is 20.2. The van der Waals surface area contributed by atoms with Crippen molar-refractivity contribution in [3.63, 3.8) is 0 Å². The molecule has 1 aromatic rings. The van der Waals surface area contributed by atoms with Crippen LogP contribution in [-0.4, -0.2) is 89.8 Å². The first kappa shape index (κ1) is 22.3. The van der Waals surface area contributed by atoms with Gasteiger partial charge in [0.05, 0.1) is 11.2 Å². The van der Waals surface area contributed by atoms with Crippen LogP contribution in [0.15, 0.2) is 29.2 Å². The topological polar surface area (TPSA) is 78.0 Å². The highest BCUT2D eigenvalue weighted by atomic mass is 32.2. The van der Waals surface area contributed by atoms with Crippen molar-refractivity contribution in [1.29, 1.82) is 0 Å². The minimum absolute atomic E-state index is 0.00125. The van der Waals surface area contributed by atoms with Crippen LogP contribution in [-0.2, 0) is 26.4 Å². The summed E-state index contributed by atoms with van der Waals surface area (Å²) in [4.78, 5) is 4.55. The van der Waals surface area contributed by atoms with E-state index in [0.29, 0.717) is 24.5 Å². The lowest BCUT2D eigenvalue weighted by molar-refractivity contribution is 0.148. The van der Waals surface area contributed by atoms with E-state index in [1.807, 2.05) is 31.1 Å². The number of hydrogen-bond donors (Lipinski definition) is 0. The summed E-state index contributed by atoms with van der Waals surface area (Å²) in [5.74, 6) is 0. The molecular weight excluding hydrogens is 386 g/mol. The fraction of sp³-hybridized carbons (Fsp3) is 0.667. The van der Waals surface area contributed by atoms with Crippen LogP contribution in [0.2, 0.25) is 0 Å². The van der Waals surface area contributed by atoms with Gasteiger partial charge in [0.25, 0.3) is 0 Å². The minimum atomic E-state index is -3.26. The smallest absolute Gasteiger partial charge is 0.211 e. The van der Waals surface area contributed by atoms with E-state index in [1.165, 1.54) is 12.5 Å². The molecule has 1 heterocycles. The number of likely N-dealkylation sites (N-methyl/N-ethyl adjacent to an activating group) is 1. The van der Waals surface area contributed by atoms with Gasteiger partial charge in [-0.2, -0.15) is 4.31 Å². The zero-order valence-electron chi connectivity index (χ0n) is 16.6. The fourth-order valence-electron chi connectivity index (χ4n) is 3.52. The zero-order valence-corrected chi connectivity index (χ0v) is 18.3. The molecule has 0 unspecified atom stereocenters. The number of nitrogens with zero attached hydrogens (tertiary/aromatic N) is 3. The lowest BCUT2D eigenvalue weighted by Gasteiger charge is -2.37. The molecule has 1 aromatic carbocycles. The van der Waals surface area contributed by atoms with E-state index in [4.69, 9.17) is 0 Å². The fourth-order valence-corrected chi connectivity index (χ4v) is 5.62. The number of benzene rings is 1. The Kier molecular flexibility index (Phi) is 7.43. The van der Waals surface area contributed by atoms with Gasteiger partial charge in [-0.15, -0.1) is 0 Å². The van der Waals surface area contributed by atoms with Crippen molar-refractivity contribution in [2.45, 2.75) is 30.3 Å². The SMILES string of the molecule is CN(C)CCN(C1CCN(Cc2ccccc2S(C)(=O)=O)CC1)S(C)(=O)=O. The summed E-state index contributed by atoms with van der Waals surface area (Å²) in [6, 6.07) is 7.08. The summed E-state index contributed by atoms with van der Waals surface area (Å²) < 4.78 is 50.0. The van der Waals surface area contributed by atoms with Crippen molar-refractivity contribution >= 4 is 19.9 Å². The van der Waals surface area contributed by atoms with E-state index in [0.717, 1.165) is 31.5 Å². The molecule has 0 aromatic heterocycles. The van der Waals surface area contributed by atoms with Crippen LogP contribution in [0, 0.1) is 0 Å². The Bertz CT molecular complexity index is 830. The third-order valence-electron chi connectivity index (χ3n) is 4.92. The number of likely N-dealkylation sites (tertiary alicyclic amines) is 1. The maximum absolute atomic E-state index is 12.2. The second-order valence-electron chi connectivity index (χ2n) is 7.56. The highest BCUT2D eigenvalue weighted by Gasteiger charge is 2.30. The van der Waals surface area contributed by atoms with Gasteiger partial charge in [0.2, 0.25) is 10.0 Å². The second-order valence-corrected chi connectivity index (χ2v) is 11.5. The summed E-state index contributed by atoms with van der Waals surface area (Å²) in [5, 5.41) is 0. The summed E-state index contributed by atoms with van der Waals surface area (Å²) in [5.41, 5.74) is 0.797. The van der Waals surface area contributed by atoms with E-state index < -0.39 is 19.9 Å². The van der Waals surface area contributed by atoms with Crippen LogP contribution in [0.25, 0.3) is 0 Å². The largest absolute Gasteiger partial charge is 0.308 e. The molecule has 1 aliphatic rings. The molecule has 0 aliphatic carbocycles. The second kappa shape index (κ2) is 9.00. The van der Waals surface area contributed by atoms with Gasteiger partial charge < -0.3 is 4.90 Å². The number of sulfonamides is 1. The minimum Gasteiger partial charge on any atom is -0.308 e. The van der Waals surface area contributed by atoms with Gasteiger partial charge in [0.15, 0.2) is 9.84 Å². The van der Waals surface area contributed by atoms with Crippen molar-refractivity contribution in [2.75, 3.05) is 52.8 Å². The number of hydrogen-bond acceptors (Lipinski definition) is 6. The van der Waals surface area contributed by atoms with Gasteiger partial charge in [0.1, 0.15) is 0 Å². The summed E-state index contributed by atoms with van der Waals surface area (Å²) >= 11 is 0. The Morgan fingerprint density at radius 2 is 1.59 bits per heavy atom. The monoisotopic (exact) mass is 417 g/mol. The number of rotatable bonds is 8. The first-order chi connectivity index (χ1) is 12.5. The van der Waals surface area contributed by atoms with Gasteiger partial charge >= 0.3 is 0 Å². The van der Waals surface area contributed by atoms with E-state index in [2.05, 4.69) is 4.90 Å². The first-order valence-corrected chi connectivity index (χ1v) is 12.8. The van der Waals surface area contributed by atoms with E-state index in [-0.39, 0.29) is 6.04 Å². The molecule has 0 saturated carbocycles. The molecule has 1 fully saturated rings. The molecule has 154 valence electrons. The van der Waals surface area contributed by atoms with Crippen LogP contribution in [0.3, 0.4) is 0 Å². The number of piperidine rings is 1. The highest BCUT2D eigenvalue weighted by Crippen LogP contribution is 2.23. The quantitative estimate of drug-likeness (QED) is 0.625. The molecule has 0 atom stereocenters. The van der Waals surface area contributed by atoms with Crippen LogP contribution < -0.4 is 0 Å². The molecule has 7 nitrogen and oxygen atoms in total. The van der Waals surface area contributed by atoms with E-state index in [1.54, 1.807) is 16.4 Å². The van der Waals surface area contributed by atoms with E-state index in [9.17, 15) is 16.8 Å². The van der Waals surface area contributed by atoms with Gasteiger partial charge in [-0.05, 0) is 38.6 Å². The molecule has 0 spiro atoms. The van der Waals surface area contributed by atoms with Crippen LogP contribution in [0.4, 0.5) is 0 Å². The van der Waals surface area contributed by atoms with E-state index >= 15 is 0 Å². The Morgan fingerprint density at radius 1 is 1.00 bits per heavy atom. The Labute approximate surface area is 163 Å². The maximum Gasteiger partial charge on any atom is 0.211 e. The molecule has 0 N–H and O–H groups in total. The molecule has 1 saturated heterocycles. The lowest BCUT2D eigenvalue weighted by Crippen LogP contribution is -2.48. The summed E-state index contributed by atoms with van der Waals surface area (Å²) in [7, 11) is -2.65. The van der Waals surface area contributed by atoms with Crippen molar-refractivity contribution in [3.8, 4) is 0 Å². The third-order valence-corrected chi connectivity index (χ3v) is 7.45. The van der Waals surface area contributed by atoms with Crippen molar-refractivity contribution in [2.24, 2.45) is 0 Å². The molecule has 27 heavy (non-hydrogen) atoms. The molecule has 1 aliphatic heterocycles. The van der Waals surface area contributed by atoms with Gasteiger partial charge in [-0.1, -0.05) is 18.2 Å². The van der Waals surface area contributed by atoms with Gasteiger partial charge in [0, 0.05) is 45.0 Å². The molecule has 2 rings (SSSR count). The van der Waals surface area contributed by atoms with Crippen molar-refractivity contribution < 1.29 is 16.8 Å². The molecule has 0 amide bonds. The normalized spacial score (nSPS) is 17.7. The molecule has 0 radical (unpaired) electrons. The summed E-state index contributed by atoms with van der Waals surface area (Å²) in [6.07, 6.45) is 4.01. The van der Waals surface area contributed by atoms with Crippen LogP contribution in [0.1, 0.15) is 18.4 Å². The average molecular weight is 418 g/mol. The molecule has 0 bridgehead atoms. The molecule has 9 heteroatoms. The summed E-state index contributed by atoms with van der Waals surface area (Å²) in [6.45, 7) is 3.24. The highest BCUT2D eigenvalue weighted by molar-refractivity contribution is 7.90. The molecular formula is C18H31N3O4S2. The lowest BCUT2D eigenvalue weighted by atomic mass is 10.0. The van der Waals surface area contributed by atoms with Crippen molar-refractivity contribution in [1.82, 2.24) is 14.1 Å².